The third-order valence-electron chi connectivity index (χ3n) is 5.18. The average molecular weight is 478 g/mol. The molecule has 0 saturated carbocycles. The minimum Gasteiger partial charge on any atom is -0.480 e. The summed E-state index contributed by atoms with van der Waals surface area (Å²) in [5.74, 6) is -2.70. The number of carboxylic acids is 1. The van der Waals surface area contributed by atoms with Crippen molar-refractivity contribution in [1.29, 1.82) is 0 Å². The lowest BCUT2D eigenvalue weighted by Crippen LogP contribution is -2.58. The molecule has 0 aliphatic heterocycles. The van der Waals surface area contributed by atoms with Gasteiger partial charge in [-0.3, -0.25) is 14.4 Å². The molecule has 0 aliphatic carbocycles. The lowest BCUT2D eigenvalue weighted by atomic mass is 9.99. The van der Waals surface area contributed by atoms with Crippen molar-refractivity contribution in [2.75, 3.05) is 25.2 Å². The molecule has 0 aromatic heterocycles. The number of thioether (sulfide) groups is 1. The van der Waals surface area contributed by atoms with Gasteiger partial charge >= 0.3 is 5.97 Å². The van der Waals surface area contributed by atoms with Crippen molar-refractivity contribution >= 4 is 35.5 Å². The Morgan fingerprint density at radius 1 is 0.938 bits per heavy atom. The van der Waals surface area contributed by atoms with Crippen LogP contribution >= 0.6 is 11.8 Å². The molecule has 12 heteroatoms. The molecule has 9 N–H and O–H groups in total. The smallest absolute Gasteiger partial charge is 0.326 e. The first-order valence-electron chi connectivity index (χ1n) is 10.8. The van der Waals surface area contributed by atoms with Crippen LogP contribution in [0.15, 0.2) is 0 Å². The molecule has 3 amide bonds. The highest BCUT2D eigenvalue weighted by Gasteiger charge is 2.30. The van der Waals surface area contributed by atoms with Crippen LogP contribution in [0.4, 0.5) is 0 Å². The van der Waals surface area contributed by atoms with Gasteiger partial charge in [-0.2, -0.15) is 11.8 Å². The minimum atomic E-state index is -1.37. The molecule has 186 valence electrons. The zero-order valence-corrected chi connectivity index (χ0v) is 20.0. The highest BCUT2D eigenvalue weighted by molar-refractivity contribution is 7.98. The molecule has 0 rings (SSSR count). The Morgan fingerprint density at radius 3 is 2.00 bits per heavy atom. The van der Waals surface area contributed by atoms with Gasteiger partial charge in [-0.05, 0) is 50.2 Å². The van der Waals surface area contributed by atoms with E-state index in [0.29, 0.717) is 38.0 Å². The van der Waals surface area contributed by atoms with Gasteiger partial charge in [0.2, 0.25) is 17.7 Å². The second kappa shape index (κ2) is 16.7. The standard InChI is InChI=1S/C20H39N5O6S/c1-4-12(2)16(22)19(29)23-13(8-10-32-3)17(27)25-15(11-26)18(28)24-14(20(30)31)7-5-6-9-21/h12-16,26H,4-11,21-22H2,1-3H3,(H,23,29)(H,24,28)(H,25,27)(H,30,31). The largest absolute Gasteiger partial charge is 0.480 e. The molecule has 0 fully saturated rings. The first kappa shape index (κ1) is 30.1. The number of aliphatic hydroxyl groups is 1. The van der Waals surface area contributed by atoms with Crippen LogP contribution in [0, 0.1) is 5.92 Å². The van der Waals surface area contributed by atoms with E-state index in [1.807, 2.05) is 20.1 Å². The van der Waals surface area contributed by atoms with E-state index in [4.69, 9.17) is 11.5 Å². The SMILES string of the molecule is CCC(C)C(N)C(=O)NC(CCSC)C(=O)NC(CO)C(=O)NC(CCCCN)C(=O)O. The first-order valence-corrected chi connectivity index (χ1v) is 12.2. The summed E-state index contributed by atoms with van der Waals surface area (Å²) >= 11 is 1.48. The molecular weight excluding hydrogens is 438 g/mol. The van der Waals surface area contributed by atoms with E-state index < -0.39 is 54.5 Å². The maximum absolute atomic E-state index is 12.8. The van der Waals surface area contributed by atoms with E-state index in [0.717, 1.165) is 0 Å². The van der Waals surface area contributed by atoms with Gasteiger partial charge < -0.3 is 37.6 Å². The number of hydrogen-bond acceptors (Lipinski definition) is 8. The number of rotatable bonds is 17. The van der Waals surface area contributed by atoms with Crippen LogP contribution in [0.25, 0.3) is 0 Å². The van der Waals surface area contributed by atoms with Crippen molar-refractivity contribution < 1.29 is 29.4 Å². The van der Waals surface area contributed by atoms with E-state index in [2.05, 4.69) is 16.0 Å². The van der Waals surface area contributed by atoms with Gasteiger partial charge in [0, 0.05) is 0 Å². The number of unbranched alkanes of at least 4 members (excludes halogenated alkanes) is 1. The van der Waals surface area contributed by atoms with E-state index in [1.165, 1.54) is 11.8 Å². The Balaban J connectivity index is 5.17. The number of amides is 3. The number of carbonyl (C=O) groups excluding carboxylic acids is 3. The number of nitrogens with one attached hydrogen (secondary N) is 3. The van der Waals surface area contributed by atoms with Crippen LogP contribution in [0.2, 0.25) is 0 Å². The van der Waals surface area contributed by atoms with Gasteiger partial charge in [0.05, 0.1) is 12.6 Å². The normalized spacial score (nSPS) is 15.7. The summed E-state index contributed by atoms with van der Waals surface area (Å²) in [6, 6.07) is -4.27. The van der Waals surface area contributed by atoms with E-state index in [1.54, 1.807) is 0 Å². The monoisotopic (exact) mass is 477 g/mol. The predicted octanol–water partition coefficient (Wildman–Crippen LogP) is -1.23. The summed E-state index contributed by atoms with van der Waals surface area (Å²) < 4.78 is 0. The Morgan fingerprint density at radius 2 is 1.50 bits per heavy atom. The molecule has 5 unspecified atom stereocenters. The van der Waals surface area contributed by atoms with Gasteiger partial charge in [-0.25, -0.2) is 4.79 Å². The maximum atomic E-state index is 12.8. The van der Waals surface area contributed by atoms with E-state index in [-0.39, 0.29) is 12.3 Å². The van der Waals surface area contributed by atoms with Crippen molar-refractivity contribution in [2.45, 2.75) is 70.1 Å². The fraction of sp³-hybridized carbons (Fsp3) is 0.800. The summed E-state index contributed by atoms with van der Waals surface area (Å²) in [4.78, 5) is 49.0. The van der Waals surface area contributed by atoms with Crippen molar-refractivity contribution in [2.24, 2.45) is 17.4 Å². The number of aliphatic hydroxyl groups excluding tert-OH is 1. The third-order valence-corrected chi connectivity index (χ3v) is 5.82. The number of carbonyl (C=O) groups is 4. The quantitative estimate of drug-likeness (QED) is 0.125. The Bertz CT molecular complexity index is 609. The van der Waals surface area contributed by atoms with E-state index >= 15 is 0 Å². The first-order chi connectivity index (χ1) is 15.1. The zero-order chi connectivity index (χ0) is 24.7. The van der Waals surface area contributed by atoms with Gasteiger partial charge in [0.15, 0.2) is 0 Å². The van der Waals surface area contributed by atoms with Crippen molar-refractivity contribution in [3.8, 4) is 0 Å². The van der Waals surface area contributed by atoms with Crippen LogP contribution in [-0.4, -0.2) is 83.2 Å². The number of hydrogen-bond donors (Lipinski definition) is 7. The molecule has 0 aromatic carbocycles. The van der Waals surface area contributed by atoms with Crippen molar-refractivity contribution in [1.82, 2.24) is 16.0 Å². The third kappa shape index (κ3) is 11.1. The Hall–Kier alpha value is -1.89. The molecule has 0 saturated heterocycles. The maximum Gasteiger partial charge on any atom is 0.326 e. The van der Waals surface area contributed by atoms with Crippen LogP contribution < -0.4 is 27.4 Å². The molecule has 0 radical (unpaired) electrons. The molecule has 11 nitrogen and oxygen atoms in total. The second-order valence-electron chi connectivity index (χ2n) is 7.68. The zero-order valence-electron chi connectivity index (χ0n) is 19.1. The summed E-state index contributed by atoms with van der Waals surface area (Å²) in [6.45, 7) is 3.40. The van der Waals surface area contributed by atoms with Crippen molar-refractivity contribution in [3.63, 3.8) is 0 Å². The van der Waals surface area contributed by atoms with Crippen LogP contribution in [-0.2, 0) is 19.2 Å². The molecule has 0 heterocycles. The number of aliphatic carboxylic acids is 1. The van der Waals surface area contributed by atoms with Gasteiger partial charge in [-0.15, -0.1) is 0 Å². The topological polar surface area (TPSA) is 197 Å². The second-order valence-corrected chi connectivity index (χ2v) is 8.67. The molecule has 32 heavy (non-hydrogen) atoms. The highest BCUT2D eigenvalue weighted by atomic mass is 32.2. The Labute approximate surface area is 193 Å². The van der Waals surface area contributed by atoms with Crippen molar-refractivity contribution in [3.05, 3.63) is 0 Å². The van der Waals surface area contributed by atoms with Gasteiger partial charge in [-0.1, -0.05) is 20.3 Å². The number of nitrogens with two attached hydrogens (primary N) is 2. The van der Waals surface area contributed by atoms with Gasteiger partial charge in [0.25, 0.3) is 0 Å². The summed E-state index contributed by atoms with van der Waals surface area (Å²) in [6.07, 6.45) is 4.12. The van der Waals surface area contributed by atoms with E-state index in [9.17, 15) is 29.4 Å². The minimum absolute atomic E-state index is 0.0811. The van der Waals surface area contributed by atoms with Crippen LogP contribution in [0.1, 0.15) is 46.0 Å². The van der Waals surface area contributed by atoms with Crippen LogP contribution in [0.5, 0.6) is 0 Å². The fourth-order valence-corrected chi connectivity index (χ4v) is 3.25. The molecule has 5 atom stereocenters. The summed E-state index contributed by atoms with van der Waals surface area (Å²) in [5, 5.41) is 26.2. The van der Waals surface area contributed by atoms with Gasteiger partial charge in [0.1, 0.15) is 18.1 Å². The lowest BCUT2D eigenvalue weighted by Gasteiger charge is -2.25. The average Bonchev–Trinajstić information content (AvgIpc) is 2.77. The summed E-state index contributed by atoms with van der Waals surface area (Å²) in [7, 11) is 0. The highest BCUT2D eigenvalue weighted by Crippen LogP contribution is 2.08. The summed E-state index contributed by atoms with van der Waals surface area (Å²) in [5.41, 5.74) is 11.3. The lowest BCUT2D eigenvalue weighted by molar-refractivity contribution is -0.142. The Kier molecular flexibility index (Phi) is 15.7. The van der Waals surface area contributed by atoms with Crippen LogP contribution in [0.3, 0.4) is 0 Å². The number of carboxylic acid groups (broad SMARTS) is 1. The molecule has 0 aromatic rings. The fourth-order valence-electron chi connectivity index (χ4n) is 2.77. The molecule has 0 spiro atoms. The molecular formula is C20H39N5O6S. The predicted molar refractivity (Wildman–Crippen MR) is 124 cm³/mol. The molecule has 0 bridgehead atoms. The molecule has 0 aliphatic rings.